The number of benzene rings is 1. The summed E-state index contributed by atoms with van der Waals surface area (Å²) in [6, 6.07) is 6.65. The fourth-order valence-corrected chi connectivity index (χ4v) is 4.43. The Balaban J connectivity index is 0.00000338. The predicted octanol–water partition coefficient (Wildman–Crippen LogP) is 0.775. The van der Waals surface area contributed by atoms with E-state index in [2.05, 4.69) is 16.0 Å². The first-order valence-corrected chi connectivity index (χ1v) is 10.3. The molecule has 0 unspecified atom stereocenters. The molecule has 1 aliphatic rings. The molecule has 1 aromatic carbocycles. The van der Waals surface area contributed by atoms with Gasteiger partial charge in [-0.25, -0.2) is 8.42 Å². The first-order valence-electron chi connectivity index (χ1n) is 7.99. The lowest BCUT2D eigenvalue weighted by Gasteiger charge is -2.34. The Morgan fingerprint density at radius 2 is 1.73 bits per heavy atom. The zero-order valence-electron chi connectivity index (χ0n) is 14.4. The molecule has 1 saturated heterocycles. The van der Waals surface area contributed by atoms with Crippen molar-refractivity contribution in [2.75, 3.05) is 32.4 Å². The van der Waals surface area contributed by atoms with Crippen molar-refractivity contribution in [3.63, 3.8) is 0 Å². The van der Waals surface area contributed by atoms with Crippen LogP contribution in [0.1, 0.15) is 23.2 Å². The second-order valence-corrected chi connectivity index (χ2v) is 8.74. The van der Waals surface area contributed by atoms with Crippen LogP contribution in [0.4, 0.5) is 0 Å². The van der Waals surface area contributed by atoms with Gasteiger partial charge in [0.1, 0.15) is 0 Å². The number of amides is 2. The molecule has 0 radical (unpaired) electrons. The zero-order chi connectivity index (χ0) is 18.5. The molecule has 1 fully saturated rings. The van der Waals surface area contributed by atoms with E-state index < -0.39 is 20.5 Å². The topological polar surface area (TPSA) is 104 Å². The Labute approximate surface area is 164 Å². The van der Waals surface area contributed by atoms with Crippen LogP contribution in [0, 0.1) is 0 Å². The molecule has 1 aliphatic heterocycles. The van der Waals surface area contributed by atoms with Gasteiger partial charge in [-0.3, -0.25) is 9.59 Å². The molecule has 26 heavy (non-hydrogen) atoms. The molecule has 2 rings (SSSR count). The lowest BCUT2D eigenvalue weighted by molar-refractivity contribution is -0.124. The highest BCUT2D eigenvalue weighted by molar-refractivity contribution is 7.92. The molecule has 0 aliphatic carbocycles. The second-order valence-electron chi connectivity index (χ2n) is 6.01. The lowest BCUT2D eigenvalue weighted by Crippen LogP contribution is -2.57. The highest BCUT2D eigenvalue weighted by Gasteiger charge is 2.48. The maximum atomic E-state index is 12.5. The minimum atomic E-state index is -3.55. The van der Waals surface area contributed by atoms with Gasteiger partial charge < -0.3 is 16.0 Å². The fourth-order valence-electron chi connectivity index (χ4n) is 2.85. The van der Waals surface area contributed by atoms with E-state index in [4.69, 9.17) is 11.6 Å². The number of carbonyl (C=O) groups is 2. The van der Waals surface area contributed by atoms with Crippen LogP contribution in [0.5, 0.6) is 0 Å². The summed E-state index contributed by atoms with van der Waals surface area (Å²) in [5, 5.41) is 8.68. The summed E-state index contributed by atoms with van der Waals surface area (Å²) in [5.41, 5.74) is 0.349. The average molecular weight is 424 g/mol. The summed E-state index contributed by atoms with van der Waals surface area (Å²) in [5.74, 6) is -0.858. The van der Waals surface area contributed by atoms with Crippen molar-refractivity contribution in [1.82, 2.24) is 16.0 Å². The molecule has 0 aromatic heterocycles. The van der Waals surface area contributed by atoms with Crippen molar-refractivity contribution in [1.29, 1.82) is 0 Å². The zero-order valence-corrected chi connectivity index (χ0v) is 16.8. The molecular weight excluding hydrogens is 401 g/mol. The van der Waals surface area contributed by atoms with Crippen LogP contribution in [0.2, 0.25) is 5.02 Å². The predicted molar refractivity (Wildman–Crippen MR) is 104 cm³/mol. The molecular formula is C16H23Cl2N3O4S. The highest BCUT2D eigenvalue weighted by atomic mass is 35.5. The quantitative estimate of drug-likeness (QED) is 0.586. The normalized spacial score (nSPS) is 16.2. The van der Waals surface area contributed by atoms with Crippen LogP contribution in [0.15, 0.2) is 24.3 Å². The van der Waals surface area contributed by atoms with E-state index in [-0.39, 0.29) is 44.2 Å². The third-order valence-electron chi connectivity index (χ3n) is 4.35. The van der Waals surface area contributed by atoms with E-state index in [0.29, 0.717) is 23.7 Å². The Morgan fingerprint density at radius 1 is 1.15 bits per heavy atom. The Kier molecular flexibility index (Phi) is 8.33. The molecule has 3 N–H and O–H groups in total. The third-order valence-corrected chi connectivity index (χ3v) is 6.69. The third kappa shape index (κ3) is 5.09. The molecule has 10 heteroatoms. The monoisotopic (exact) mass is 423 g/mol. The van der Waals surface area contributed by atoms with Gasteiger partial charge in [-0.05, 0) is 38.1 Å². The van der Waals surface area contributed by atoms with Crippen LogP contribution < -0.4 is 16.0 Å². The van der Waals surface area contributed by atoms with Gasteiger partial charge in [0.2, 0.25) is 5.91 Å². The fraction of sp³-hybridized carbons (Fsp3) is 0.500. The van der Waals surface area contributed by atoms with Gasteiger partial charge in [0, 0.05) is 19.3 Å². The van der Waals surface area contributed by atoms with Crippen LogP contribution >= 0.6 is 24.0 Å². The molecule has 1 aromatic rings. The summed E-state index contributed by atoms with van der Waals surface area (Å²) in [6.45, 7) is 1.26. The van der Waals surface area contributed by atoms with Gasteiger partial charge in [0.25, 0.3) is 5.91 Å². The number of hydrogen-bond donors (Lipinski definition) is 3. The van der Waals surface area contributed by atoms with Crippen molar-refractivity contribution < 1.29 is 18.0 Å². The van der Waals surface area contributed by atoms with Gasteiger partial charge in [0.15, 0.2) is 14.6 Å². The minimum absolute atomic E-state index is 0. The van der Waals surface area contributed by atoms with Crippen molar-refractivity contribution in [2.24, 2.45) is 0 Å². The van der Waals surface area contributed by atoms with Gasteiger partial charge in [-0.15, -0.1) is 12.4 Å². The van der Waals surface area contributed by atoms with Crippen molar-refractivity contribution in [3.05, 3.63) is 34.9 Å². The SMILES string of the molecule is CS(=O)(=O)C1(C(=O)NCCNC(=O)c2ccccc2Cl)CCNCC1.Cl. The molecule has 0 spiro atoms. The van der Waals surface area contributed by atoms with Crippen molar-refractivity contribution >= 4 is 45.7 Å². The molecule has 1 heterocycles. The molecule has 0 atom stereocenters. The Hall–Kier alpha value is -1.35. The van der Waals surface area contributed by atoms with Crippen LogP contribution in [-0.2, 0) is 14.6 Å². The summed E-state index contributed by atoms with van der Waals surface area (Å²) < 4.78 is 22.9. The number of carbonyl (C=O) groups excluding carboxylic acids is 2. The Morgan fingerprint density at radius 3 is 2.31 bits per heavy atom. The van der Waals surface area contributed by atoms with Gasteiger partial charge in [0.05, 0.1) is 10.6 Å². The average Bonchev–Trinajstić information content (AvgIpc) is 2.58. The Bertz CT molecular complexity index is 750. The van der Waals surface area contributed by atoms with Gasteiger partial charge in [-0.2, -0.15) is 0 Å². The van der Waals surface area contributed by atoms with Gasteiger partial charge in [-0.1, -0.05) is 23.7 Å². The number of nitrogens with one attached hydrogen (secondary N) is 3. The molecule has 0 bridgehead atoms. The molecule has 2 amide bonds. The second kappa shape index (κ2) is 9.55. The van der Waals surface area contributed by atoms with E-state index in [1.807, 2.05) is 0 Å². The van der Waals surface area contributed by atoms with Crippen molar-refractivity contribution in [2.45, 2.75) is 17.6 Å². The number of piperidine rings is 1. The maximum absolute atomic E-state index is 12.5. The lowest BCUT2D eigenvalue weighted by atomic mass is 9.96. The largest absolute Gasteiger partial charge is 0.353 e. The molecule has 0 saturated carbocycles. The number of sulfone groups is 1. The summed E-state index contributed by atoms with van der Waals surface area (Å²) >= 11 is 5.95. The number of rotatable bonds is 6. The van der Waals surface area contributed by atoms with Crippen LogP contribution in [0.25, 0.3) is 0 Å². The maximum Gasteiger partial charge on any atom is 0.252 e. The van der Waals surface area contributed by atoms with E-state index in [9.17, 15) is 18.0 Å². The van der Waals surface area contributed by atoms with E-state index in [1.165, 1.54) is 0 Å². The highest BCUT2D eigenvalue weighted by Crippen LogP contribution is 2.27. The first kappa shape index (κ1) is 22.7. The summed E-state index contributed by atoms with van der Waals surface area (Å²) in [7, 11) is -3.55. The number of halogens is 2. The van der Waals surface area contributed by atoms with Crippen LogP contribution in [-0.4, -0.2) is 57.4 Å². The number of hydrogen-bond acceptors (Lipinski definition) is 5. The van der Waals surface area contributed by atoms with E-state index in [0.717, 1.165) is 6.26 Å². The van der Waals surface area contributed by atoms with E-state index >= 15 is 0 Å². The minimum Gasteiger partial charge on any atom is -0.353 e. The van der Waals surface area contributed by atoms with Gasteiger partial charge >= 0.3 is 0 Å². The summed E-state index contributed by atoms with van der Waals surface area (Å²) in [6.07, 6.45) is 1.57. The molecule has 7 nitrogen and oxygen atoms in total. The van der Waals surface area contributed by atoms with Crippen LogP contribution in [0.3, 0.4) is 0 Å². The standard InChI is InChI=1S/C16H22ClN3O4S.ClH/c1-25(23,24)16(6-8-18-9-7-16)15(22)20-11-10-19-14(21)12-4-2-3-5-13(12)17;/h2-5,18H,6-11H2,1H3,(H,19,21)(H,20,22);1H. The van der Waals surface area contributed by atoms with Crippen molar-refractivity contribution in [3.8, 4) is 0 Å². The smallest absolute Gasteiger partial charge is 0.252 e. The van der Waals surface area contributed by atoms with E-state index in [1.54, 1.807) is 24.3 Å². The first-order chi connectivity index (χ1) is 11.8. The molecule has 146 valence electrons. The summed E-state index contributed by atoms with van der Waals surface area (Å²) in [4.78, 5) is 24.5.